The fourth-order valence-electron chi connectivity index (χ4n) is 1.69. The van der Waals surface area contributed by atoms with Gasteiger partial charge in [0.05, 0.1) is 7.11 Å². The zero-order chi connectivity index (χ0) is 13.1. The smallest absolute Gasteiger partial charge is 0.168 e. The van der Waals surface area contributed by atoms with Crippen LogP contribution in [-0.4, -0.2) is 12.9 Å². The van der Waals surface area contributed by atoms with Crippen LogP contribution in [0.4, 0.5) is 0 Å². The van der Waals surface area contributed by atoms with Crippen LogP contribution in [0.2, 0.25) is 0 Å². The molecule has 0 atom stereocenters. The Kier molecular flexibility index (Phi) is 4.19. The Hall–Kier alpha value is -1.13. The van der Waals surface area contributed by atoms with Crippen molar-refractivity contribution in [3.63, 3.8) is 0 Å². The van der Waals surface area contributed by atoms with E-state index >= 15 is 0 Å². The molecule has 0 saturated heterocycles. The highest BCUT2D eigenvalue weighted by atomic mass is 79.9. The zero-order valence-electron chi connectivity index (χ0n) is 10.2. The minimum Gasteiger partial charge on any atom is -0.496 e. The van der Waals surface area contributed by atoms with E-state index in [4.69, 9.17) is 4.74 Å². The Morgan fingerprint density at radius 3 is 2.78 bits per heavy atom. The van der Waals surface area contributed by atoms with Gasteiger partial charge in [0.1, 0.15) is 5.75 Å². The van der Waals surface area contributed by atoms with Crippen molar-refractivity contribution < 1.29 is 9.53 Å². The maximum Gasteiger partial charge on any atom is 0.168 e. The zero-order valence-corrected chi connectivity index (χ0v) is 12.6. The van der Waals surface area contributed by atoms with Gasteiger partial charge >= 0.3 is 0 Å². The van der Waals surface area contributed by atoms with Crippen molar-refractivity contribution in [2.24, 2.45) is 0 Å². The molecule has 0 unspecified atom stereocenters. The lowest BCUT2D eigenvalue weighted by Crippen LogP contribution is -2.03. The van der Waals surface area contributed by atoms with Gasteiger partial charge < -0.3 is 4.74 Å². The number of hydrogen-bond acceptors (Lipinski definition) is 3. The summed E-state index contributed by atoms with van der Waals surface area (Å²) in [4.78, 5) is 13.2. The van der Waals surface area contributed by atoms with Crippen LogP contribution in [0, 0.1) is 6.92 Å². The highest BCUT2D eigenvalue weighted by molar-refractivity contribution is 9.10. The molecule has 2 nitrogen and oxygen atoms in total. The van der Waals surface area contributed by atoms with Crippen molar-refractivity contribution >= 4 is 33.0 Å². The van der Waals surface area contributed by atoms with E-state index in [-0.39, 0.29) is 5.78 Å². The average molecular weight is 325 g/mol. The molecule has 0 aliphatic rings. The number of halogens is 1. The van der Waals surface area contributed by atoms with Crippen molar-refractivity contribution in [2.45, 2.75) is 13.3 Å². The van der Waals surface area contributed by atoms with Gasteiger partial charge in [0, 0.05) is 21.3 Å². The average Bonchev–Trinajstić information content (AvgIpc) is 2.75. The number of ketones is 1. The molecular formula is C14H13BrO2S. The van der Waals surface area contributed by atoms with Gasteiger partial charge in [-0.25, -0.2) is 0 Å². The van der Waals surface area contributed by atoms with Gasteiger partial charge in [-0.2, -0.15) is 0 Å². The van der Waals surface area contributed by atoms with Crippen LogP contribution < -0.4 is 4.74 Å². The molecule has 0 radical (unpaired) electrons. The number of carbonyl (C=O) groups excluding carboxylic acids is 1. The second-order valence-corrected chi connectivity index (χ2v) is 5.83. The third kappa shape index (κ3) is 2.82. The van der Waals surface area contributed by atoms with Crippen molar-refractivity contribution in [2.75, 3.05) is 7.11 Å². The van der Waals surface area contributed by atoms with Crippen molar-refractivity contribution in [1.82, 2.24) is 0 Å². The molecule has 1 aromatic carbocycles. The van der Waals surface area contributed by atoms with Crippen LogP contribution in [0.15, 0.2) is 34.1 Å². The summed E-state index contributed by atoms with van der Waals surface area (Å²) in [6, 6.07) is 7.53. The highest BCUT2D eigenvalue weighted by Gasteiger charge is 2.12. The van der Waals surface area contributed by atoms with Gasteiger partial charge in [-0.15, -0.1) is 11.3 Å². The summed E-state index contributed by atoms with van der Waals surface area (Å²) in [5.74, 6) is 0.863. The third-order valence-electron chi connectivity index (χ3n) is 2.74. The van der Waals surface area contributed by atoms with E-state index in [0.29, 0.717) is 12.0 Å². The predicted octanol–water partition coefficient (Wildman–Crippen LogP) is 4.25. The summed E-state index contributed by atoms with van der Waals surface area (Å²) in [5, 5.41) is 1.97. The molecule has 0 amide bonds. The fourth-order valence-corrected chi connectivity index (χ4v) is 3.18. The maximum atomic E-state index is 12.2. The summed E-state index contributed by atoms with van der Waals surface area (Å²) in [6.45, 7) is 1.96. The summed E-state index contributed by atoms with van der Waals surface area (Å²) in [5.41, 5.74) is 1.73. The normalized spacial score (nSPS) is 10.4. The number of thiophene rings is 1. The molecular weight excluding hydrogens is 312 g/mol. The molecule has 2 rings (SSSR count). The van der Waals surface area contributed by atoms with E-state index in [9.17, 15) is 4.79 Å². The molecule has 0 bridgehead atoms. The Morgan fingerprint density at radius 2 is 2.17 bits per heavy atom. The minimum atomic E-state index is 0.108. The molecule has 1 heterocycles. The first kappa shape index (κ1) is 13.3. The number of ether oxygens (including phenoxy) is 1. The van der Waals surface area contributed by atoms with Crippen LogP contribution >= 0.6 is 27.3 Å². The maximum absolute atomic E-state index is 12.2. The van der Waals surface area contributed by atoms with E-state index in [1.54, 1.807) is 24.5 Å². The molecule has 4 heteroatoms. The standard InChI is InChI=1S/C14H13BrO2S/c1-9-3-4-10(7-13(9)17-2)12(16)8-14-11(15)5-6-18-14/h3-7H,8H2,1-2H3. The lowest BCUT2D eigenvalue weighted by Gasteiger charge is -2.06. The lowest BCUT2D eigenvalue weighted by atomic mass is 10.0. The lowest BCUT2D eigenvalue weighted by molar-refractivity contribution is 0.0993. The Labute approximate surface area is 119 Å². The first-order chi connectivity index (χ1) is 8.61. The van der Waals surface area contributed by atoms with Gasteiger partial charge in [0.15, 0.2) is 5.78 Å². The number of aryl methyl sites for hydroxylation is 1. The molecule has 0 saturated carbocycles. The van der Waals surface area contributed by atoms with Gasteiger partial charge in [0.2, 0.25) is 0 Å². The quantitative estimate of drug-likeness (QED) is 0.786. The summed E-state index contributed by atoms with van der Waals surface area (Å²) >= 11 is 5.03. The number of Topliss-reactive ketones (excluding diaryl/α,β-unsaturated/α-hetero) is 1. The first-order valence-corrected chi connectivity index (χ1v) is 7.19. The van der Waals surface area contributed by atoms with Gasteiger partial charge in [-0.1, -0.05) is 12.1 Å². The Bertz CT molecular complexity index is 575. The van der Waals surface area contributed by atoms with Gasteiger partial charge in [-0.05, 0) is 45.9 Å². The molecule has 0 fully saturated rings. The second-order valence-electron chi connectivity index (χ2n) is 3.98. The molecule has 0 aliphatic carbocycles. The van der Waals surface area contributed by atoms with E-state index in [1.807, 2.05) is 30.5 Å². The second kappa shape index (κ2) is 5.67. The first-order valence-electron chi connectivity index (χ1n) is 5.51. The van der Waals surface area contributed by atoms with E-state index in [1.165, 1.54) is 0 Å². The molecule has 2 aromatic rings. The topological polar surface area (TPSA) is 26.3 Å². The number of methoxy groups -OCH3 is 1. The van der Waals surface area contributed by atoms with Crippen molar-refractivity contribution in [3.8, 4) is 5.75 Å². The van der Waals surface area contributed by atoms with Gasteiger partial charge in [0.25, 0.3) is 0 Å². The number of benzene rings is 1. The Balaban J connectivity index is 2.21. The molecule has 0 N–H and O–H groups in total. The van der Waals surface area contributed by atoms with E-state index in [2.05, 4.69) is 15.9 Å². The van der Waals surface area contributed by atoms with Crippen molar-refractivity contribution in [3.05, 3.63) is 50.1 Å². The number of rotatable bonds is 4. The van der Waals surface area contributed by atoms with Gasteiger partial charge in [-0.3, -0.25) is 4.79 Å². The largest absolute Gasteiger partial charge is 0.496 e. The van der Waals surface area contributed by atoms with Crippen LogP contribution in [0.1, 0.15) is 20.8 Å². The minimum absolute atomic E-state index is 0.108. The SMILES string of the molecule is COc1cc(C(=O)Cc2sccc2Br)ccc1C. The summed E-state index contributed by atoms with van der Waals surface area (Å²) in [6.07, 6.45) is 0.421. The fraction of sp³-hybridized carbons (Fsp3) is 0.214. The molecule has 94 valence electrons. The predicted molar refractivity (Wildman–Crippen MR) is 77.8 cm³/mol. The number of hydrogen-bond donors (Lipinski definition) is 0. The van der Waals surface area contributed by atoms with Crippen LogP contribution in [-0.2, 0) is 6.42 Å². The number of carbonyl (C=O) groups is 1. The van der Waals surface area contributed by atoms with E-state index < -0.39 is 0 Å². The third-order valence-corrected chi connectivity index (χ3v) is 4.67. The van der Waals surface area contributed by atoms with Crippen LogP contribution in [0.25, 0.3) is 0 Å². The monoisotopic (exact) mass is 324 g/mol. The molecule has 0 aliphatic heterocycles. The molecule has 1 aromatic heterocycles. The highest BCUT2D eigenvalue weighted by Crippen LogP contribution is 2.25. The van der Waals surface area contributed by atoms with Crippen molar-refractivity contribution in [1.29, 1.82) is 0 Å². The summed E-state index contributed by atoms with van der Waals surface area (Å²) < 4.78 is 6.24. The van der Waals surface area contributed by atoms with Crippen LogP contribution in [0.5, 0.6) is 5.75 Å². The molecule has 18 heavy (non-hydrogen) atoms. The van der Waals surface area contributed by atoms with Crippen LogP contribution in [0.3, 0.4) is 0 Å². The Morgan fingerprint density at radius 1 is 1.39 bits per heavy atom. The van der Waals surface area contributed by atoms with E-state index in [0.717, 1.165) is 20.7 Å². The molecule has 0 spiro atoms. The summed E-state index contributed by atoms with van der Waals surface area (Å²) in [7, 11) is 1.62.